The number of rotatable bonds is 11. The predicted molar refractivity (Wildman–Crippen MR) is 73.0 cm³/mol. The molecule has 0 saturated carbocycles. The lowest BCUT2D eigenvalue weighted by Crippen LogP contribution is -2.27. The molecule has 0 amide bonds. The van der Waals surface area contributed by atoms with Crippen LogP contribution in [-0.2, 0) is 14.2 Å². The Morgan fingerprint density at radius 1 is 1.28 bits per heavy atom. The zero-order valence-corrected chi connectivity index (χ0v) is 12.0. The van der Waals surface area contributed by atoms with Gasteiger partial charge >= 0.3 is 0 Å². The molecule has 0 aromatic carbocycles. The van der Waals surface area contributed by atoms with Gasteiger partial charge in [0.05, 0.1) is 19.3 Å². The van der Waals surface area contributed by atoms with Gasteiger partial charge in [0.2, 0.25) is 0 Å². The van der Waals surface area contributed by atoms with Crippen LogP contribution >= 0.6 is 0 Å². The van der Waals surface area contributed by atoms with E-state index in [-0.39, 0.29) is 0 Å². The average Bonchev–Trinajstić information content (AvgIpc) is 2.89. The minimum atomic E-state index is 0.528. The van der Waals surface area contributed by atoms with E-state index in [1.165, 1.54) is 32.1 Å². The van der Waals surface area contributed by atoms with E-state index < -0.39 is 0 Å². The highest BCUT2D eigenvalue weighted by Crippen LogP contribution is 2.18. The van der Waals surface area contributed by atoms with Crippen LogP contribution in [0.2, 0.25) is 0 Å². The summed E-state index contributed by atoms with van der Waals surface area (Å²) in [6.07, 6.45) is 7.77. The van der Waals surface area contributed by atoms with Crippen LogP contribution in [0.15, 0.2) is 0 Å². The maximum Gasteiger partial charge on any atom is 0.0700 e. The van der Waals surface area contributed by atoms with Gasteiger partial charge in [-0.1, -0.05) is 0 Å². The first-order valence-corrected chi connectivity index (χ1v) is 7.22. The summed E-state index contributed by atoms with van der Waals surface area (Å²) in [5, 5.41) is 3.37. The maximum absolute atomic E-state index is 5.63. The van der Waals surface area contributed by atoms with Gasteiger partial charge in [0, 0.05) is 26.4 Å². The average molecular weight is 259 g/mol. The minimum absolute atomic E-state index is 0.528. The van der Waals surface area contributed by atoms with Crippen molar-refractivity contribution in [1.82, 2.24) is 5.32 Å². The summed E-state index contributed by atoms with van der Waals surface area (Å²) in [4.78, 5) is 0. The van der Waals surface area contributed by atoms with Crippen molar-refractivity contribution in [3.8, 4) is 0 Å². The van der Waals surface area contributed by atoms with Crippen LogP contribution in [-0.4, -0.2) is 52.7 Å². The highest BCUT2D eigenvalue weighted by atomic mass is 16.5. The predicted octanol–water partition coefficient (Wildman–Crippen LogP) is 1.98. The van der Waals surface area contributed by atoms with Crippen LogP contribution in [0.1, 0.15) is 38.5 Å². The van der Waals surface area contributed by atoms with Crippen molar-refractivity contribution in [2.45, 2.75) is 50.7 Å². The molecule has 18 heavy (non-hydrogen) atoms. The van der Waals surface area contributed by atoms with Crippen molar-refractivity contribution in [1.29, 1.82) is 0 Å². The zero-order valence-electron chi connectivity index (χ0n) is 12.0. The molecule has 1 aliphatic heterocycles. The van der Waals surface area contributed by atoms with Gasteiger partial charge in [-0.25, -0.2) is 0 Å². The summed E-state index contributed by atoms with van der Waals surface area (Å²) in [6.45, 7) is 3.16. The number of hydrogen-bond acceptors (Lipinski definition) is 4. The second-order valence-corrected chi connectivity index (χ2v) is 4.95. The molecule has 0 bridgehead atoms. The fourth-order valence-electron chi connectivity index (χ4n) is 2.37. The molecule has 0 aromatic heterocycles. The molecule has 4 heteroatoms. The van der Waals surface area contributed by atoms with Crippen molar-refractivity contribution in [3.05, 3.63) is 0 Å². The topological polar surface area (TPSA) is 39.7 Å². The number of methoxy groups -OCH3 is 1. The molecular weight excluding hydrogens is 230 g/mol. The fourth-order valence-corrected chi connectivity index (χ4v) is 2.37. The second-order valence-electron chi connectivity index (χ2n) is 4.95. The summed E-state index contributed by atoms with van der Waals surface area (Å²) < 4.78 is 16.1. The molecule has 1 saturated heterocycles. The van der Waals surface area contributed by atoms with E-state index in [0.29, 0.717) is 25.4 Å². The van der Waals surface area contributed by atoms with Gasteiger partial charge in [-0.15, -0.1) is 0 Å². The van der Waals surface area contributed by atoms with E-state index in [2.05, 4.69) is 5.32 Å². The summed E-state index contributed by atoms with van der Waals surface area (Å²) in [5.41, 5.74) is 0. The van der Waals surface area contributed by atoms with Gasteiger partial charge in [-0.05, 0) is 45.6 Å². The van der Waals surface area contributed by atoms with Crippen molar-refractivity contribution in [3.63, 3.8) is 0 Å². The van der Waals surface area contributed by atoms with Crippen LogP contribution in [0.5, 0.6) is 0 Å². The monoisotopic (exact) mass is 259 g/mol. The van der Waals surface area contributed by atoms with Crippen LogP contribution in [0.3, 0.4) is 0 Å². The Bertz CT molecular complexity index is 184. The van der Waals surface area contributed by atoms with Crippen LogP contribution in [0.4, 0.5) is 0 Å². The first kappa shape index (κ1) is 15.9. The third-order valence-electron chi connectivity index (χ3n) is 3.55. The molecule has 0 spiro atoms. The normalized spacial score (nSPS) is 21.3. The largest absolute Gasteiger partial charge is 0.382 e. The Morgan fingerprint density at radius 3 is 2.83 bits per heavy atom. The van der Waals surface area contributed by atoms with Gasteiger partial charge in [0.25, 0.3) is 0 Å². The molecule has 108 valence electrons. The molecule has 1 fully saturated rings. The third kappa shape index (κ3) is 7.31. The molecule has 1 N–H and O–H groups in total. The molecule has 2 atom stereocenters. The molecule has 2 unspecified atom stereocenters. The van der Waals surface area contributed by atoms with Crippen LogP contribution in [0.25, 0.3) is 0 Å². The van der Waals surface area contributed by atoms with Gasteiger partial charge in [-0.2, -0.15) is 0 Å². The number of ether oxygens (including phenoxy) is 3. The van der Waals surface area contributed by atoms with E-state index in [4.69, 9.17) is 14.2 Å². The van der Waals surface area contributed by atoms with Crippen molar-refractivity contribution in [2.75, 3.05) is 40.6 Å². The summed E-state index contributed by atoms with van der Waals surface area (Å²) >= 11 is 0. The lowest BCUT2D eigenvalue weighted by atomic mass is 10.0. The standard InChI is InChI=1S/C14H29NO3/c1-15-13(8-10-17-12-11-16-2)5-3-6-14-7-4-9-18-14/h13-15H,3-12H2,1-2H3. The highest BCUT2D eigenvalue weighted by Gasteiger charge is 2.15. The quantitative estimate of drug-likeness (QED) is 0.576. The Labute approximate surface area is 111 Å². The van der Waals surface area contributed by atoms with E-state index >= 15 is 0 Å². The molecule has 0 radical (unpaired) electrons. The second kappa shape index (κ2) is 10.7. The Balaban J connectivity index is 1.95. The molecule has 1 rings (SSSR count). The Kier molecular flexibility index (Phi) is 9.48. The lowest BCUT2D eigenvalue weighted by Gasteiger charge is -2.17. The molecule has 0 aromatic rings. The summed E-state index contributed by atoms with van der Waals surface area (Å²) in [7, 11) is 3.73. The SMILES string of the molecule is CNC(CCCC1CCCO1)CCOCCOC. The van der Waals surface area contributed by atoms with E-state index in [9.17, 15) is 0 Å². The van der Waals surface area contributed by atoms with E-state index in [1.54, 1.807) is 7.11 Å². The Hall–Kier alpha value is -0.160. The highest BCUT2D eigenvalue weighted by molar-refractivity contribution is 4.69. The zero-order chi connectivity index (χ0) is 13.1. The van der Waals surface area contributed by atoms with Crippen LogP contribution < -0.4 is 5.32 Å². The van der Waals surface area contributed by atoms with Gasteiger partial charge in [0.1, 0.15) is 0 Å². The first-order chi connectivity index (χ1) is 8.86. The van der Waals surface area contributed by atoms with Gasteiger partial charge in [0.15, 0.2) is 0 Å². The smallest absolute Gasteiger partial charge is 0.0700 e. The van der Waals surface area contributed by atoms with Crippen molar-refractivity contribution in [2.24, 2.45) is 0 Å². The summed E-state index contributed by atoms with van der Waals surface area (Å²) in [6, 6.07) is 0.564. The van der Waals surface area contributed by atoms with E-state index in [0.717, 1.165) is 19.6 Å². The Morgan fingerprint density at radius 2 is 2.17 bits per heavy atom. The van der Waals surface area contributed by atoms with Crippen LogP contribution in [0, 0.1) is 0 Å². The molecule has 1 aliphatic rings. The van der Waals surface area contributed by atoms with E-state index in [1.807, 2.05) is 7.05 Å². The van der Waals surface area contributed by atoms with Gasteiger partial charge in [-0.3, -0.25) is 0 Å². The summed E-state index contributed by atoms with van der Waals surface area (Å²) in [5.74, 6) is 0. The fraction of sp³-hybridized carbons (Fsp3) is 1.00. The third-order valence-corrected chi connectivity index (χ3v) is 3.55. The maximum atomic E-state index is 5.63. The number of nitrogens with one attached hydrogen (secondary N) is 1. The molecule has 1 heterocycles. The first-order valence-electron chi connectivity index (χ1n) is 7.22. The minimum Gasteiger partial charge on any atom is -0.382 e. The van der Waals surface area contributed by atoms with Crippen molar-refractivity contribution >= 4 is 0 Å². The molecule has 0 aliphatic carbocycles. The van der Waals surface area contributed by atoms with Crippen molar-refractivity contribution < 1.29 is 14.2 Å². The molecular formula is C14H29NO3. The lowest BCUT2D eigenvalue weighted by molar-refractivity contribution is 0.0651. The molecule has 4 nitrogen and oxygen atoms in total. The van der Waals surface area contributed by atoms with Gasteiger partial charge < -0.3 is 19.5 Å². The number of hydrogen-bond donors (Lipinski definition) is 1.